The van der Waals surface area contributed by atoms with Gasteiger partial charge in [-0.3, -0.25) is 0 Å². The van der Waals surface area contributed by atoms with Gasteiger partial charge in [0, 0.05) is 44.0 Å². The molecule has 0 saturated heterocycles. The summed E-state index contributed by atoms with van der Waals surface area (Å²) in [5.74, 6) is 0.630. The highest BCUT2D eigenvalue weighted by Crippen LogP contribution is 2.33. The summed E-state index contributed by atoms with van der Waals surface area (Å²) in [5, 5.41) is 12.2. The molecule has 3 aromatic carbocycles. The zero-order valence-electron chi connectivity index (χ0n) is 18.9. The maximum absolute atomic E-state index is 9.83. The summed E-state index contributed by atoms with van der Waals surface area (Å²) in [5.41, 5.74) is 3.76. The van der Waals surface area contributed by atoms with E-state index in [9.17, 15) is 5.26 Å². The Morgan fingerprint density at radius 3 is 2.48 bits per heavy atom. The molecule has 0 aliphatic heterocycles. The van der Waals surface area contributed by atoms with Crippen LogP contribution in [0.5, 0.6) is 5.75 Å². The summed E-state index contributed by atoms with van der Waals surface area (Å²) >= 11 is 0. The van der Waals surface area contributed by atoms with Gasteiger partial charge in [-0.25, -0.2) is 0 Å². The van der Waals surface area contributed by atoms with E-state index >= 15 is 0 Å². The zero-order valence-corrected chi connectivity index (χ0v) is 18.9. The van der Waals surface area contributed by atoms with Crippen molar-refractivity contribution < 1.29 is 9.47 Å². The van der Waals surface area contributed by atoms with Gasteiger partial charge in [0.1, 0.15) is 17.4 Å². The van der Waals surface area contributed by atoms with Crippen LogP contribution in [0.2, 0.25) is 0 Å². The fourth-order valence-corrected chi connectivity index (χ4v) is 3.83. The number of ether oxygens (including phenoxy) is 2. The molecule has 31 heavy (non-hydrogen) atoms. The van der Waals surface area contributed by atoms with Gasteiger partial charge in [0.2, 0.25) is 0 Å². The van der Waals surface area contributed by atoms with Gasteiger partial charge in [0.15, 0.2) is 0 Å². The van der Waals surface area contributed by atoms with Crippen molar-refractivity contribution in [2.45, 2.75) is 33.6 Å². The van der Waals surface area contributed by atoms with Crippen molar-refractivity contribution >= 4 is 16.5 Å². The third-order valence-electron chi connectivity index (χ3n) is 5.41. The van der Waals surface area contributed by atoms with Gasteiger partial charge in [-0.05, 0) is 60.9 Å². The highest BCUT2D eigenvalue weighted by atomic mass is 16.5. The number of fused-ring (bicyclic) bond motifs is 1. The van der Waals surface area contributed by atoms with Gasteiger partial charge < -0.3 is 14.4 Å². The van der Waals surface area contributed by atoms with E-state index in [1.54, 1.807) is 0 Å². The molecular weight excluding hydrogens is 384 g/mol. The first kappa shape index (κ1) is 22.7. The van der Waals surface area contributed by atoms with Crippen molar-refractivity contribution in [3.8, 4) is 22.9 Å². The summed E-state index contributed by atoms with van der Waals surface area (Å²) in [6, 6.07) is 21.2. The Labute approximate surface area is 186 Å². The molecule has 4 nitrogen and oxygen atoms in total. The number of nitrogens with zero attached hydrogens (tertiary/aromatic N) is 2. The van der Waals surface area contributed by atoms with E-state index in [2.05, 4.69) is 61.2 Å². The second-order valence-electron chi connectivity index (χ2n) is 7.52. The van der Waals surface area contributed by atoms with Crippen molar-refractivity contribution in [2.24, 2.45) is 0 Å². The summed E-state index contributed by atoms with van der Waals surface area (Å²) in [6.45, 7) is 10.3. The number of benzene rings is 3. The van der Waals surface area contributed by atoms with Crippen molar-refractivity contribution in [2.75, 3.05) is 37.8 Å². The lowest BCUT2D eigenvalue weighted by atomic mass is 9.96. The molecule has 0 atom stereocenters. The van der Waals surface area contributed by atoms with Gasteiger partial charge in [-0.2, -0.15) is 5.26 Å². The van der Waals surface area contributed by atoms with Crippen LogP contribution in [0.1, 0.15) is 39.2 Å². The van der Waals surface area contributed by atoms with Crippen molar-refractivity contribution in [1.29, 1.82) is 5.26 Å². The van der Waals surface area contributed by atoms with Crippen LogP contribution in [0.25, 0.3) is 21.9 Å². The lowest BCUT2D eigenvalue weighted by Crippen LogP contribution is -2.23. The Kier molecular flexibility index (Phi) is 8.32. The molecule has 0 aromatic heterocycles. The summed E-state index contributed by atoms with van der Waals surface area (Å²) < 4.78 is 11.3. The highest BCUT2D eigenvalue weighted by Gasteiger charge is 2.12. The molecule has 0 N–H and O–H groups in total. The summed E-state index contributed by atoms with van der Waals surface area (Å²) in [4.78, 5) is 2.40. The average Bonchev–Trinajstić information content (AvgIpc) is 2.81. The minimum Gasteiger partial charge on any atom is -0.492 e. The Morgan fingerprint density at radius 1 is 0.935 bits per heavy atom. The smallest absolute Gasteiger partial charge is 0.137 e. The van der Waals surface area contributed by atoms with Gasteiger partial charge in [-0.1, -0.05) is 37.3 Å². The molecule has 4 heteroatoms. The molecule has 0 heterocycles. The maximum Gasteiger partial charge on any atom is 0.137 e. The molecule has 0 spiro atoms. The van der Waals surface area contributed by atoms with Crippen LogP contribution in [-0.2, 0) is 4.74 Å². The normalized spacial score (nSPS) is 10.8. The largest absolute Gasteiger partial charge is 0.492 e. The Hall–Kier alpha value is -3.03. The molecule has 3 aromatic rings. The number of anilines is 1. The average molecular weight is 417 g/mol. The second kappa shape index (κ2) is 11.4. The lowest BCUT2D eigenvalue weighted by Gasteiger charge is -2.23. The predicted molar refractivity (Wildman–Crippen MR) is 129 cm³/mol. The molecule has 0 aliphatic rings. The minimum absolute atomic E-state index is 0.532. The van der Waals surface area contributed by atoms with E-state index in [1.807, 2.05) is 25.1 Å². The Balaban J connectivity index is 1.87. The fourth-order valence-electron chi connectivity index (χ4n) is 3.83. The molecule has 0 aliphatic carbocycles. The van der Waals surface area contributed by atoms with Gasteiger partial charge in [-0.15, -0.1) is 0 Å². The van der Waals surface area contributed by atoms with Crippen LogP contribution in [0.4, 0.5) is 5.69 Å². The van der Waals surface area contributed by atoms with Crippen LogP contribution in [0, 0.1) is 11.3 Å². The van der Waals surface area contributed by atoms with E-state index in [1.165, 1.54) is 16.5 Å². The standard InChI is InChI=1S/C27H32N2O2/c1-4-15-29(5-2)24-14-13-21-18-23(12-11-22(21)19-24)25-9-7-10-27(26(25)20-28)31-17-8-16-30-6-3/h7,9-14,18-19H,4-6,8,15-17H2,1-3H3. The quantitative estimate of drug-likeness (QED) is 0.338. The SMILES string of the molecule is CCCN(CC)c1ccc2cc(-c3cccc(OCCCOCC)c3C#N)ccc2c1. The molecule has 3 rings (SSSR count). The molecule has 0 unspecified atom stereocenters. The second-order valence-corrected chi connectivity index (χ2v) is 7.52. The molecule has 0 amide bonds. The van der Waals surface area contributed by atoms with E-state index in [0.717, 1.165) is 37.1 Å². The first-order valence-electron chi connectivity index (χ1n) is 11.2. The van der Waals surface area contributed by atoms with Crippen molar-refractivity contribution in [3.63, 3.8) is 0 Å². The van der Waals surface area contributed by atoms with Crippen molar-refractivity contribution in [3.05, 3.63) is 60.2 Å². The molecule has 0 bridgehead atoms. The number of hydrogen-bond acceptors (Lipinski definition) is 4. The molecule has 0 saturated carbocycles. The first-order chi connectivity index (χ1) is 15.2. The zero-order chi connectivity index (χ0) is 22.1. The van der Waals surface area contributed by atoms with E-state index in [-0.39, 0.29) is 0 Å². The fraction of sp³-hybridized carbons (Fsp3) is 0.370. The molecular formula is C27H32N2O2. The van der Waals surface area contributed by atoms with Gasteiger partial charge >= 0.3 is 0 Å². The number of nitriles is 1. The first-order valence-corrected chi connectivity index (χ1v) is 11.2. The minimum atomic E-state index is 0.532. The lowest BCUT2D eigenvalue weighted by molar-refractivity contribution is 0.131. The van der Waals surface area contributed by atoms with Gasteiger partial charge in [0.05, 0.1) is 6.61 Å². The maximum atomic E-state index is 9.83. The van der Waals surface area contributed by atoms with Gasteiger partial charge in [0.25, 0.3) is 0 Å². The summed E-state index contributed by atoms with van der Waals surface area (Å²) in [6.07, 6.45) is 1.93. The third-order valence-corrected chi connectivity index (χ3v) is 5.41. The Morgan fingerprint density at radius 2 is 1.74 bits per heavy atom. The van der Waals surface area contributed by atoms with Crippen LogP contribution in [0.15, 0.2) is 54.6 Å². The number of rotatable bonds is 11. The molecule has 0 radical (unpaired) electrons. The molecule has 162 valence electrons. The predicted octanol–water partition coefficient (Wildman–Crippen LogP) is 6.42. The van der Waals surface area contributed by atoms with E-state index < -0.39 is 0 Å². The molecule has 0 fully saturated rings. The van der Waals surface area contributed by atoms with Crippen LogP contribution in [-0.4, -0.2) is 32.9 Å². The van der Waals surface area contributed by atoms with Crippen molar-refractivity contribution in [1.82, 2.24) is 0 Å². The highest BCUT2D eigenvalue weighted by molar-refractivity contribution is 5.91. The number of hydrogen-bond donors (Lipinski definition) is 0. The van der Waals surface area contributed by atoms with Crippen LogP contribution < -0.4 is 9.64 Å². The van der Waals surface area contributed by atoms with E-state index in [0.29, 0.717) is 31.1 Å². The monoisotopic (exact) mass is 416 g/mol. The van der Waals surface area contributed by atoms with Crippen LogP contribution in [0.3, 0.4) is 0 Å². The summed E-state index contributed by atoms with van der Waals surface area (Å²) in [7, 11) is 0. The van der Waals surface area contributed by atoms with Crippen LogP contribution >= 0.6 is 0 Å². The van der Waals surface area contributed by atoms with E-state index in [4.69, 9.17) is 9.47 Å². The Bertz CT molecular complexity index is 1040. The topological polar surface area (TPSA) is 45.5 Å². The third kappa shape index (κ3) is 5.57.